The summed E-state index contributed by atoms with van der Waals surface area (Å²) in [6, 6.07) is 3.36. The summed E-state index contributed by atoms with van der Waals surface area (Å²) in [4.78, 5) is 36.8. The molecule has 2 aliphatic rings. The summed E-state index contributed by atoms with van der Waals surface area (Å²) < 4.78 is 0. The van der Waals surface area contributed by atoms with Crippen LogP contribution in [0.3, 0.4) is 0 Å². The lowest BCUT2D eigenvalue weighted by atomic mass is 9.61. The van der Waals surface area contributed by atoms with Crippen LogP contribution in [0.1, 0.15) is 22.3 Å². The fraction of sp³-hybridized carbons (Fsp3) is 0.211. The minimum Gasteiger partial charge on any atom is -0.873 e. The Morgan fingerprint density at radius 2 is 1.72 bits per heavy atom. The monoisotopic (exact) mass is 400 g/mol. The zero-order chi connectivity index (χ0) is 21.5. The Kier molecular flexibility index (Phi) is 3.53. The lowest BCUT2D eigenvalue weighted by Gasteiger charge is -2.52. The third-order valence-corrected chi connectivity index (χ3v) is 5.50. The highest BCUT2D eigenvalue weighted by Gasteiger charge is 2.62. The number of phenols is 3. The van der Waals surface area contributed by atoms with E-state index in [1.807, 2.05) is 0 Å². The number of amides is 1. The summed E-state index contributed by atoms with van der Waals surface area (Å²) >= 11 is 0. The van der Waals surface area contributed by atoms with Gasteiger partial charge in [0.05, 0.1) is 16.5 Å². The highest BCUT2D eigenvalue weighted by Crippen LogP contribution is 2.50. The van der Waals surface area contributed by atoms with E-state index in [0.717, 1.165) is 6.07 Å². The van der Waals surface area contributed by atoms with Gasteiger partial charge in [-0.2, -0.15) is 0 Å². The standard InChI is InChI=1S/C19H15NO9/c20-17(27)13-10(23)5-18(28)4-7-1-6-2-8(21)3-9(22)11(6)14(24)12(7)15(25)19(18,29)16(13)26/h1-3,21-22,24,26,28-29H,4-5H2,(H2,20,27)/p-1/t18-,19+/m1/s1. The Balaban J connectivity index is 2.08. The topological polar surface area (TPSA) is 201 Å². The number of aliphatic hydroxyl groups is 2. The molecule has 0 fully saturated rings. The Bertz CT molecular complexity index is 1200. The van der Waals surface area contributed by atoms with Gasteiger partial charge >= 0.3 is 0 Å². The van der Waals surface area contributed by atoms with Crippen LogP contribution >= 0.6 is 0 Å². The first-order valence-electron chi connectivity index (χ1n) is 8.37. The van der Waals surface area contributed by atoms with Gasteiger partial charge in [0.25, 0.3) is 5.91 Å². The Labute approximate surface area is 161 Å². The Morgan fingerprint density at radius 3 is 2.34 bits per heavy atom. The molecule has 0 radical (unpaired) electrons. The van der Waals surface area contributed by atoms with Crippen molar-refractivity contribution in [3.63, 3.8) is 0 Å². The lowest BCUT2D eigenvalue weighted by Crippen LogP contribution is -2.69. The Morgan fingerprint density at radius 1 is 1.07 bits per heavy atom. The van der Waals surface area contributed by atoms with Gasteiger partial charge in [-0.15, -0.1) is 0 Å². The predicted molar refractivity (Wildman–Crippen MR) is 92.7 cm³/mol. The van der Waals surface area contributed by atoms with Crippen molar-refractivity contribution >= 4 is 28.2 Å². The van der Waals surface area contributed by atoms with E-state index in [9.17, 15) is 45.0 Å². The van der Waals surface area contributed by atoms with Crippen LogP contribution < -0.4 is 10.8 Å². The minimum atomic E-state index is -3.23. The van der Waals surface area contributed by atoms with E-state index in [1.54, 1.807) is 0 Å². The average Bonchev–Trinajstić information content (AvgIpc) is 2.57. The number of phenolic OH excluding ortho intramolecular Hbond substituents is 3. The number of primary amides is 1. The molecule has 10 heteroatoms. The number of carbonyl (C=O) groups excluding carboxylic acids is 3. The molecule has 29 heavy (non-hydrogen) atoms. The quantitative estimate of drug-likeness (QED) is 0.299. The van der Waals surface area contributed by atoms with Gasteiger partial charge in [-0.1, -0.05) is 5.76 Å². The van der Waals surface area contributed by atoms with E-state index in [-0.39, 0.29) is 22.1 Å². The van der Waals surface area contributed by atoms with Gasteiger partial charge in [0.1, 0.15) is 22.8 Å². The van der Waals surface area contributed by atoms with Crippen molar-refractivity contribution in [2.24, 2.45) is 5.73 Å². The molecular formula is C19H14NO9-. The largest absolute Gasteiger partial charge is 0.873 e. The Hall–Kier alpha value is -3.63. The molecule has 0 saturated carbocycles. The summed E-state index contributed by atoms with van der Waals surface area (Å²) in [7, 11) is 0. The molecular weight excluding hydrogens is 386 g/mol. The number of fused-ring (bicyclic) bond motifs is 3. The molecule has 7 N–H and O–H groups in total. The molecule has 4 rings (SSSR count). The van der Waals surface area contributed by atoms with Gasteiger partial charge in [-0.25, -0.2) is 0 Å². The molecule has 0 bridgehead atoms. The van der Waals surface area contributed by atoms with Crippen LogP contribution in [0.2, 0.25) is 0 Å². The predicted octanol–water partition coefficient (Wildman–Crippen LogP) is -1.77. The van der Waals surface area contributed by atoms with Gasteiger partial charge in [0.2, 0.25) is 5.78 Å². The van der Waals surface area contributed by atoms with Crippen LogP contribution in [0.4, 0.5) is 0 Å². The summed E-state index contributed by atoms with van der Waals surface area (Å²) in [5.74, 6) is -7.36. The third kappa shape index (κ3) is 2.15. The molecule has 2 aromatic rings. The fourth-order valence-electron chi connectivity index (χ4n) is 4.19. The second kappa shape index (κ2) is 5.46. The number of nitrogens with two attached hydrogens (primary N) is 1. The van der Waals surface area contributed by atoms with Crippen molar-refractivity contribution in [3.8, 4) is 17.2 Å². The third-order valence-electron chi connectivity index (χ3n) is 5.50. The van der Waals surface area contributed by atoms with E-state index >= 15 is 0 Å². The average molecular weight is 400 g/mol. The number of ketones is 2. The highest BCUT2D eigenvalue weighted by molar-refractivity contribution is 6.23. The molecule has 0 aromatic heterocycles. The van der Waals surface area contributed by atoms with Crippen molar-refractivity contribution in [3.05, 3.63) is 40.7 Å². The van der Waals surface area contributed by atoms with Gasteiger partial charge in [-0.3, -0.25) is 14.4 Å². The second-order valence-corrected chi connectivity index (χ2v) is 7.24. The molecule has 0 unspecified atom stereocenters. The normalized spacial score (nSPS) is 26.4. The zero-order valence-corrected chi connectivity index (χ0v) is 14.6. The fourth-order valence-corrected chi connectivity index (χ4v) is 4.19. The number of benzene rings is 2. The number of hydrogen-bond acceptors (Lipinski definition) is 9. The smallest absolute Gasteiger partial charge is 0.251 e. The molecule has 2 atom stereocenters. The van der Waals surface area contributed by atoms with Gasteiger partial charge in [0.15, 0.2) is 11.4 Å². The first-order chi connectivity index (χ1) is 13.4. The summed E-state index contributed by atoms with van der Waals surface area (Å²) in [5.41, 5.74) is -2.49. The number of Topliss-reactive ketones (excluding diaryl/α,β-unsaturated/α-hetero) is 2. The van der Waals surface area contributed by atoms with Crippen LogP contribution in [-0.4, -0.2) is 54.2 Å². The van der Waals surface area contributed by atoms with Crippen molar-refractivity contribution < 1.29 is 45.0 Å². The second-order valence-electron chi connectivity index (χ2n) is 7.24. The molecule has 1 amide bonds. The molecule has 0 heterocycles. The van der Waals surface area contributed by atoms with Crippen molar-refractivity contribution in [2.75, 3.05) is 0 Å². The van der Waals surface area contributed by atoms with E-state index in [0.29, 0.717) is 0 Å². The maximum atomic E-state index is 13.1. The highest BCUT2D eigenvalue weighted by atomic mass is 16.4. The number of aromatic hydroxyl groups is 3. The van der Waals surface area contributed by atoms with Crippen LogP contribution in [0.25, 0.3) is 10.8 Å². The van der Waals surface area contributed by atoms with Gasteiger partial charge in [0, 0.05) is 18.9 Å². The van der Waals surface area contributed by atoms with E-state index in [2.05, 4.69) is 0 Å². The first kappa shape index (κ1) is 18.7. The molecule has 150 valence electrons. The van der Waals surface area contributed by atoms with Gasteiger partial charge < -0.3 is 36.4 Å². The van der Waals surface area contributed by atoms with Gasteiger partial charge in [-0.05, 0) is 23.1 Å². The van der Waals surface area contributed by atoms with E-state index in [4.69, 9.17) is 5.73 Å². The molecule has 0 aliphatic heterocycles. The maximum absolute atomic E-state index is 13.1. The SMILES string of the molecule is NC(=O)C1=C([O-])[C@@]2(O)C(=O)c3c(cc4cc(O)cc(O)c4c3O)C[C@@]2(O)CC1=O. The van der Waals surface area contributed by atoms with E-state index in [1.165, 1.54) is 12.1 Å². The maximum Gasteiger partial charge on any atom is 0.251 e. The van der Waals surface area contributed by atoms with Crippen LogP contribution in [0.5, 0.6) is 17.2 Å². The van der Waals surface area contributed by atoms with Crippen molar-refractivity contribution in [1.29, 1.82) is 0 Å². The minimum absolute atomic E-state index is 0.0275. The molecule has 0 spiro atoms. The summed E-state index contributed by atoms with van der Waals surface area (Å²) in [6.07, 6.45) is -1.53. The molecule has 2 aromatic carbocycles. The first-order valence-corrected chi connectivity index (χ1v) is 8.37. The summed E-state index contributed by atoms with van der Waals surface area (Å²) in [5, 5.41) is 64.7. The molecule has 10 nitrogen and oxygen atoms in total. The van der Waals surface area contributed by atoms with Crippen LogP contribution in [-0.2, 0) is 16.0 Å². The van der Waals surface area contributed by atoms with Crippen LogP contribution in [0.15, 0.2) is 29.5 Å². The molecule has 0 saturated heterocycles. The summed E-state index contributed by atoms with van der Waals surface area (Å²) in [6.45, 7) is 0. The van der Waals surface area contributed by atoms with Crippen LogP contribution in [0, 0.1) is 0 Å². The number of carbonyl (C=O) groups is 3. The zero-order valence-electron chi connectivity index (χ0n) is 14.6. The number of hydrogen-bond donors (Lipinski definition) is 6. The van der Waals surface area contributed by atoms with E-state index < -0.39 is 69.9 Å². The number of rotatable bonds is 1. The lowest BCUT2D eigenvalue weighted by molar-refractivity contribution is -0.344. The van der Waals surface area contributed by atoms with Crippen molar-refractivity contribution in [1.82, 2.24) is 0 Å². The molecule has 2 aliphatic carbocycles. The van der Waals surface area contributed by atoms with Crippen molar-refractivity contribution in [2.45, 2.75) is 24.0 Å².